The minimum absolute atomic E-state index is 0.0437. The van der Waals surface area contributed by atoms with Gasteiger partial charge in [0.1, 0.15) is 0 Å². The van der Waals surface area contributed by atoms with E-state index in [1.807, 2.05) is 6.92 Å². The zero-order chi connectivity index (χ0) is 12.8. The molecule has 0 saturated heterocycles. The fourth-order valence-corrected chi connectivity index (χ4v) is 1.06. The van der Waals surface area contributed by atoms with Crippen LogP contribution in [0.1, 0.15) is 20.8 Å². The van der Waals surface area contributed by atoms with Gasteiger partial charge in [-0.25, -0.2) is 4.79 Å². The second-order valence-corrected chi connectivity index (χ2v) is 3.76. The number of carbonyl (C=O) groups is 2. The summed E-state index contributed by atoms with van der Waals surface area (Å²) in [6.45, 7) is 5.29. The summed E-state index contributed by atoms with van der Waals surface area (Å²) < 4.78 is 4.43. The van der Waals surface area contributed by atoms with Gasteiger partial charge in [-0.15, -0.1) is 0 Å². The molecular formula is C10H20N2O4. The van der Waals surface area contributed by atoms with Gasteiger partial charge in [0.15, 0.2) is 5.60 Å². The first-order chi connectivity index (χ1) is 7.35. The molecule has 2 atom stereocenters. The van der Waals surface area contributed by atoms with Crippen LogP contribution in [0, 0.1) is 0 Å². The number of hydrogen-bond acceptors (Lipinski definition) is 5. The highest BCUT2D eigenvalue weighted by Gasteiger charge is 2.32. The highest BCUT2D eigenvalue weighted by atomic mass is 16.5. The molecule has 0 aliphatic heterocycles. The number of amides is 1. The number of carbonyl (C=O) groups excluding carboxylic acids is 2. The van der Waals surface area contributed by atoms with Crippen LogP contribution in [0.3, 0.4) is 0 Å². The lowest BCUT2D eigenvalue weighted by Crippen LogP contribution is -2.51. The average Bonchev–Trinajstić information content (AvgIpc) is 2.25. The van der Waals surface area contributed by atoms with Crippen LogP contribution in [0.5, 0.6) is 0 Å². The molecule has 0 bridgehead atoms. The first kappa shape index (κ1) is 14.9. The van der Waals surface area contributed by atoms with Gasteiger partial charge >= 0.3 is 5.97 Å². The van der Waals surface area contributed by atoms with Crippen molar-refractivity contribution in [2.75, 3.05) is 20.2 Å². The lowest BCUT2D eigenvalue weighted by Gasteiger charge is -2.22. The van der Waals surface area contributed by atoms with E-state index in [9.17, 15) is 14.7 Å². The molecule has 0 aliphatic carbocycles. The summed E-state index contributed by atoms with van der Waals surface area (Å²) in [7, 11) is 1.20. The molecule has 1 amide bonds. The molecule has 0 spiro atoms. The molecule has 0 saturated carbocycles. The van der Waals surface area contributed by atoms with Crippen LogP contribution < -0.4 is 10.6 Å². The van der Waals surface area contributed by atoms with Gasteiger partial charge in [-0.05, 0) is 20.8 Å². The topological polar surface area (TPSA) is 87.7 Å². The third-order valence-electron chi connectivity index (χ3n) is 2.12. The Morgan fingerprint density at radius 1 is 1.50 bits per heavy atom. The Labute approximate surface area is 95.4 Å². The van der Waals surface area contributed by atoms with Gasteiger partial charge in [-0.1, -0.05) is 0 Å². The zero-order valence-corrected chi connectivity index (χ0v) is 10.2. The second kappa shape index (κ2) is 6.44. The van der Waals surface area contributed by atoms with Gasteiger partial charge in [0.05, 0.1) is 13.2 Å². The van der Waals surface area contributed by atoms with Crippen molar-refractivity contribution in [2.24, 2.45) is 0 Å². The van der Waals surface area contributed by atoms with Crippen molar-refractivity contribution in [3.63, 3.8) is 0 Å². The molecule has 94 valence electrons. The third-order valence-corrected chi connectivity index (χ3v) is 2.12. The Kier molecular flexibility index (Phi) is 5.98. The minimum atomic E-state index is -1.63. The normalized spacial score (nSPS) is 16.1. The van der Waals surface area contributed by atoms with Gasteiger partial charge < -0.3 is 20.5 Å². The van der Waals surface area contributed by atoms with Crippen molar-refractivity contribution in [1.82, 2.24) is 10.6 Å². The minimum Gasteiger partial charge on any atom is -0.467 e. The molecule has 0 aliphatic rings. The van der Waals surface area contributed by atoms with E-state index >= 15 is 0 Å². The van der Waals surface area contributed by atoms with Crippen molar-refractivity contribution < 1.29 is 19.4 Å². The van der Waals surface area contributed by atoms with Crippen LogP contribution in [0.15, 0.2) is 0 Å². The molecule has 6 nitrogen and oxygen atoms in total. The molecule has 16 heavy (non-hydrogen) atoms. The molecule has 0 radical (unpaired) electrons. The summed E-state index contributed by atoms with van der Waals surface area (Å²) in [5, 5.41) is 15.1. The fourth-order valence-electron chi connectivity index (χ4n) is 1.06. The van der Waals surface area contributed by atoms with Gasteiger partial charge in [0, 0.05) is 13.1 Å². The summed E-state index contributed by atoms with van der Waals surface area (Å²) in [6.07, 6.45) is 0. The lowest BCUT2D eigenvalue weighted by atomic mass is 10.1. The summed E-state index contributed by atoms with van der Waals surface area (Å²) >= 11 is 0. The summed E-state index contributed by atoms with van der Waals surface area (Å²) in [6, 6.07) is -0.476. The number of esters is 1. The van der Waals surface area contributed by atoms with E-state index in [1.165, 1.54) is 14.0 Å². The second-order valence-electron chi connectivity index (χ2n) is 3.76. The molecule has 2 unspecified atom stereocenters. The number of methoxy groups -OCH3 is 1. The number of likely N-dealkylation sites (N-methyl/N-ethyl adjacent to an activating group) is 1. The summed E-state index contributed by atoms with van der Waals surface area (Å²) in [4.78, 5) is 22.5. The van der Waals surface area contributed by atoms with Crippen molar-refractivity contribution in [3.8, 4) is 0 Å². The monoisotopic (exact) mass is 232 g/mol. The molecule has 6 heteroatoms. The average molecular weight is 232 g/mol. The molecule has 0 aromatic rings. The van der Waals surface area contributed by atoms with Crippen molar-refractivity contribution in [1.29, 1.82) is 0 Å². The van der Waals surface area contributed by atoms with E-state index in [0.717, 1.165) is 0 Å². The van der Waals surface area contributed by atoms with Crippen LogP contribution >= 0.6 is 0 Å². The van der Waals surface area contributed by atoms with E-state index in [1.54, 1.807) is 6.92 Å². The van der Waals surface area contributed by atoms with Gasteiger partial charge in [-0.2, -0.15) is 0 Å². The molecule has 3 N–H and O–H groups in total. The van der Waals surface area contributed by atoms with Crippen LogP contribution in [0.4, 0.5) is 0 Å². The van der Waals surface area contributed by atoms with E-state index < -0.39 is 17.6 Å². The highest BCUT2D eigenvalue weighted by Crippen LogP contribution is 2.04. The van der Waals surface area contributed by atoms with Gasteiger partial charge in [0.25, 0.3) is 0 Å². The summed E-state index contributed by atoms with van der Waals surface area (Å²) in [5.74, 6) is -0.911. The van der Waals surface area contributed by atoms with Crippen LogP contribution in [0.2, 0.25) is 0 Å². The Bertz CT molecular complexity index is 253. The Balaban J connectivity index is 4.13. The van der Waals surface area contributed by atoms with Crippen LogP contribution in [0.25, 0.3) is 0 Å². The summed E-state index contributed by atoms with van der Waals surface area (Å²) in [5.41, 5.74) is -1.63. The van der Waals surface area contributed by atoms with Gasteiger partial charge in [0.2, 0.25) is 5.91 Å². The molecule has 0 rings (SSSR count). The first-order valence-corrected chi connectivity index (χ1v) is 5.17. The van der Waals surface area contributed by atoms with E-state index in [2.05, 4.69) is 15.4 Å². The maximum atomic E-state index is 11.3. The van der Waals surface area contributed by atoms with Crippen LogP contribution in [-0.4, -0.2) is 48.8 Å². The first-order valence-electron chi connectivity index (χ1n) is 5.17. The molecule has 0 heterocycles. The molecule has 0 aromatic heterocycles. The quantitative estimate of drug-likeness (QED) is 0.513. The highest BCUT2D eigenvalue weighted by molar-refractivity contribution is 5.82. The number of hydrogen-bond donors (Lipinski definition) is 3. The smallest absolute Gasteiger partial charge is 0.338 e. The number of nitrogens with one attached hydrogen (secondary N) is 2. The maximum absolute atomic E-state index is 11.3. The molecular weight excluding hydrogens is 212 g/mol. The largest absolute Gasteiger partial charge is 0.467 e. The fraction of sp³-hybridized carbons (Fsp3) is 0.800. The number of ether oxygens (including phenoxy) is 1. The Hall–Kier alpha value is -1.14. The van der Waals surface area contributed by atoms with Crippen LogP contribution in [-0.2, 0) is 14.3 Å². The Morgan fingerprint density at radius 2 is 2.06 bits per heavy atom. The van der Waals surface area contributed by atoms with E-state index in [-0.39, 0.29) is 12.5 Å². The number of rotatable bonds is 6. The van der Waals surface area contributed by atoms with Crippen molar-refractivity contribution in [3.05, 3.63) is 0 Å². The molecule has 0 fully saturated rings. The lowest BCUT2D eigenvalue weighted by molar-refractivity contribution is -0.160. The standard InChI is InChI=1S/C10H20N2O4/c1-5-11-8(13)7(2)12-6-10(3,15)9(14)16-4/h7,12,15H,5-6H2,1-4H3,(H,11,13). The number of aliphatic hydroxyl groups is 1. The van der Waals surface area contributed by atoms with Crippen molar-refractivity contribution in [2.45, 2.75) is 32.4 Å². The van der Waals surface area contributed by atoms with E-state index in [0.29, 0.717) is 6.54 Å². The molecule has 0 aromatic carbocycles. The maximum Gasteiger partial charge on any atom is 0.338 e. The van der Waals surface area contributed by atoms with E-state index in [4.69, 9.17) is 0 Å². The third kappa shape index (κ3) is 4.59. The predicted octanol–water partition coefficient (Wildman–Crippen LogP) is -0.975. The van der Waals surface area contributed by atoms with Gasteiger partial charge in [-0.3, -0.25) is 4.79 Å². The Morgan fingerprint density at radius 3 is 2.50 bits per heavy atom. The SMILES string of the molecule is CCNC(=O)C(C)NCC(C)(O)C(=O)OC. The predicted molar refractivity (Wildman–Crippen MR) is 58.8 cm³/mol. The zero-order valence-electron chi connectivity index (χ0n) is 10.2. The van der Waals surface area contributed by atoms with Crippen molar-refractivity contribution >= 4 is 11.9 Å².